The number of ether oxygens (including phenoxy) is 1. The normalized spacial score (nSPS) is 12.1. The molecule has 0 aliphatic rings. The van der Waals surface area contributed by atoms with Crippen LogP contribution >= 0.6 is 11.8 Å². The molecule has 82 valence electrons. The molecule has 0 aromatic heterocycles. The quantitative estimate of drug-likeness (QED) is 0.632. The number of thioether (sulfide) groups is 1. The number of hydrogen-bond acceptors (Lipinski definition) is 4. The highest BCUT2D eigenvalue weighted by Crippen LogP contribution is 2.32. The summed E-state index contributed by atoms with van der Waals surface area (Å²) in [7, 11) is 1.37. The van der Waals surface area contributed by atoms with E-state index in [-0.39, 0.29) is 17.0 Å². The molecule has 0 aliphatic heterocycles. The summed E-state index contributed by atoms with van der Waals surface area (Å²) >= 11 is 1.46. The third kappa shape index (κ3) is 3.83. The second kappa shape index (κ2) is 5.66. The third-order valence-corrected chi connectivity index (χ3v) is 3.04. The number of carbonyl (C=O) groups excluding carboxylic acids is 1. The van der Waals surface area contributed by atoms with Crippen LogP contribution < -0.4 is 0 Å². The summed E-state index contributed by atoms with van der Waals surface area (Å²) in [5, 5.41) is 9.60. The molecule has 4 heteroatoms. The third-order valence-electron chi connectivity index (χ3n) is 1.88. The summed E-state index contributed by atoms with van der Waals surface area (Å²) in [4.78, 5) is 11.8. The Morgan fingerprint density at radius 1 is 1.53 bits per heavy atom. The molecule has 0 saturated carbocycles. The minimum atomic E-state index is -0.231. The van der Waals surface area contributed by atoms with E-state index in [1.807, 2.05) is 19.1 Å². The van der Waals surface area contributed by atoms with E-state index in [0.717, 1.165) is 4.90 Å². The van der Waals surface area contributed by atoms with Gasteiger partial charge in [0.25, 0.3) is 0 Å². The van der Waals surface area contributed by atoms with Crippen LogP contribution in [0.4, 0.5) is 0 Å². The minimum absolute atomic E-state index is 0.0887. The van der Waals surface area contributed by atoms with E-state index < -0.39 is 0 Å². The van der Waals surface area contributed by atoms with Gasteiger partial charge < -0.3 is 9.84 Å². The zero-order chi connectivity index (χ0) is 11.3. The SMILES string of the molecule is COC(=O)CC(C)Sc1ccccc1O. The van der Waals surface area contributed by atoms with E-state index in [1.54, 1.807) is 12.1 Å². The van der Waals surface area contributed by atoms with Gasteiger partial charge in [-0.25, -0.2) is 0 Å². The predicted molar refractivity (Wildman–Crippen MR) is 60.1 cm³/mol. The number of esters is 1. The topological polar surface area (TPSA) is 46.5 Å². The van der Waals surface area contributed by atoms with Crippen molar-refractivity contribution in [3.05, 3.63) is 24.3 Å². The molecule has 0 amide bonds. The Kier molecular flexibility index (Phi) is 4.49. The number of methoxy groups -OCH3 is 1. The molecule has 3 nitrogen and oxygen atoms in total. The van der Waals surface area contributed by atoms with Gasteiger partial charge in [0.1, 0.15) is 5.75 Å². The van der Waals surface area contributed by atoms with E-state index in [9.17, 15) is 9.90 Å². The molecule has 0 saturated heterocycles. The first kappa shape index (κ1) is 11.9. The first-order valence-corrected chi connectivity index (χ1v) is 5.53. The molecular formula is C11H14O3S. The van der Waals surface area contributed by atoms with E-state index >= 15 is 0 Å². The number of benzene rings is 1. The van der Waals surface area contributed by atoms with Crippen molar-refractivity contribution in [1.29, 1.82) is 0 Å². The molecule has 1 rings (SSSR count). The van der Waals surface area contributed by atoms with Gasteiger partial charge in [-0.2, -0.15) is 0 Å². The van der Waals surface area contributed by atoms with Crippen LogP contribution in [0.2, 0.25) is 0 Å². The summed E-state index contributed by atoms with van der Waals surface area (Å²) < 4.78 is 4.57. The van der Waals surface area contributed by atoms with Gasteiger partial charge in [-0.15, -0.1) is 11.8 Å². The zero-order valence-electron chi connectivity index (χ0n) is 8.77. The monoisotopic (exact) mass is 226 g/mol. The lowest BCUT2D eigenvalue weighted by Gasteiger charge is -2.10. The average Bonchev–Trinajstić information content (AvgIpc) is 2.21. The maximum Gasteiger partial charge on any atom is 0.306 e. The van der Waals surface area contributed by atoms with Crippen molar-refractivity contribution in [3.63, 3.8) is 0 Å². The van der Waals surface area contributed by atoms with Crippen molar-refractivity contribution >= 4 is 17.7 Å². The van der Waals surface area contributed by atoms with E-state index in [2.05, 4.69) is 4.74 Å². The molecule has 1 aromatic carbocycles. The zero-order valence-corrected chi connectivity index (χ0v) is 9.58. The second-order valence-electron chi connectivity index (χ2n) is 3.18. The van der Waals surface area contributed by atoms with Crippen LogP contribution in [0.15, 0.2) is 29.2 Å². The van der Waals surface area contributed by atoms with Crippen molar-refractivity contribution in [2.24, 2.45) is 0 Å². The van der Waals surface area contributed by atoms with Crippen molar-refractivity contribution < 1.29 is 14.6 Å². The number of phenols is 1. The van der Waals surface area contributed by atoms with Crippen LogP contribution in [0, 0.1) is 0 Å². The number of hydrogen-bond donors (Lipinski definition) is 1. The lowest BCUT2D eigenvalue weighted by atomic mass is 10.3. The Hall–Kier alpha value is -1.16. The fourth-order valence-electron chi connectivity index (χ4n) is 1.13. The molecule has 0 fully saturated rings. The lowest BCUT2D eigenvalue weighted by Crippen LogP contribution is -2.08. The Balaban J connectivity index is 2.55. The van der Waals surface area contributed by atoms with Gasteiger partial charge in [0, 0.05) is 10.1 Å². The highest BCUT2D eigenvalue weighted by molar-refractivity contribution is 8.00. The summed E-state index contributed by atoms with van der Waals surface area (Å²) in [5.41, 5.74) is 0. The molecule has 1 N–H and O–H groups in total. The molecule has 1 unspecified atom stereocenters. The van der Waals surface area contributed by atoms with Gasteiger partial charge in [-0.1, -0.05) is 19.1 Å². The smallest absolute Gasteiger partial charge is 0.306 e. The van der Waals surface area contributed by atoms with Crippen LogP contribution in [0.3, 0.4) is 0 Å². The van der Waals surface area contributed by atoms with Crippen molar-refractivity contribution in [3.8, 4) is 5.75 Å². The summed E-state index contributed by atoms with van der Waals surface area (Å²) in [6.45, 7) is 1.92. The van der Waals surface area contributed by atoms with Gasteiger partial charge >= 0.3 is 5.97 Å². The second-order valence-corrected chi connectivity index (χ2v) is 4.66. The largest absolute Gasteiger partial charge is 0.507 e. The van der Waals surface area contributed by atoms with E-state index in [0.29, 0.717) is 6.42 Å². The fraction of sp³-hybridized carbons (Fsp3) is 0.364. The number of para-hydroxylation sites is 1. The van der Waals surface area contributed by atoms with Crippen molar-refractivity contribution in [1.82, 2.24) is 0 Å². The maximum absolute atomic E-state index is 11.0. The Morgan fingerprint density at radius 3 is 2.80 bits per heavy atom. The van der Waals surface area contributed by atoms with E-state index in [1.165, 1.54) is 18.9 Å². The summed E-state index contributed by atoms with van der Waals surface area (Å²) in [6.07, 6.45) is 0.343. The molecule has 0 radical (unpaired) electrons. The van der Waals surface area contributed by atoms with Crippen molar-refractivity contribution in [2.75, 3.05) is 7.11 Å². The summed E-state index contributed by atoms with van der Waals surface area (Å²) in [5.74, 6) is 0.0182. The molecule has 0 bridgehead atoms. The van der Waals surface area contributed by atoms with Crippen LogP contribution in [0.1, 0.15) is 13.3 Å². The average molecular weight is 226 g/mol. The summed E-state index contributed by atoms with van der Waals surface area (Å²) in [6, 6.07) is 7.08. The van der Waals surface area contributed by atoms with Gasteiger partial charge in [-0.3, -0.25) is 4.79 Å². The number of rotatable bonds is 4. The highest BCUT2D eigenvalue weighted by atomic mass is 32.2. The van der Waals surface area contributed by atoms with Crippen molar-refractivity contribution in [2.45, 2.75) is 23.5 Å². The fourth-order valence-corrected chi connectivity index (χ4v) is 2.13. The number of phenolic OH excluding ortho intramolecular Hbond substituents is 1. The highest BCUT2D eigenvalue weighted by Gasteiger charge is 2.12. The molecule has 0 aliphatic carbocycles. The standard InChI is InChI=1S/C11H14O3S/c1-8(7-11(13)14-2)15-10-6-4-3-5-9(10)12/h3-6,8,12H,7H2,1-2H3. The number of aromatic hydroxyl groups is 1. The molecule has 1 aromatic rings. The first-order chi connectivity index (χ1) is 7.13. The molecule has 0 spiro atoms. The predicted octanol–water partition coefficient (Wildman–Crippen LogP) is 2.44. The Bertz CT molecular complexity index is 338. The molecule has 0 heterocycles. The van der Waals surface area contributed by atoms with Gasteiger partial charge in [0.05, 0.1) is 13.5 Å². The van der Waals surface area contributed by atoms with Gasteiger partial charge in [0.2, 0.25) is 0 Å². The van der Waals surface area contributed by atoms with Gasteiger partial charge in [0.15, 0.2) is 0 Å². The molecule has 15 heavy (non-hydrogen) atoms. The Morgan fingerprint density at radius 2 is 2.20 bits per heavy atom. The van der Waals surface area contributed by atoms with Crippen LogP contribution in [-0.2, 0) is 9.53 Å². The van der Waals surface area contributed by atoms with Crippen LogP contribution in [-0.4, -0.2) is 23.4 Å². The number of carbonyl (C=O) groups is 1. The maximum atomic E-state index is 11.0. The molecular weight excluding hydrogens is 212 g/mol. The Labute approximate surface area is 93.4 Å². The van der Waals surface area contributed by atoms with E-state index in [4.69, 9.17) is 0 Å². The van der Waals surface area contributed by atoms with Gasteiger partial charge in [-0.05, 0) is 12.1 Å². The van der Waals surface area contributed by atoms with Crippen LogP contribution in [0.25, 0.3) is 0 Å². The minimum Gasteiger partial charge on any atom is -0.507 e. The molecule has 1 atom stereocenters. The first-order valence-electron chi connectivity index (χ1n) is 4.65. The van der Waals surface area contributed by atoms with Crippen LogP contribution in [0.5, 0.6) is 5.75 Å². The lowest BCUT2D eigenvalue weighted by molar-refractivity contribution is -0.140.